The van der Waals surface area contributed by atoms with Crippen molar-refractivity contribution in [1.82, 2.24) is 0 Å². The van der Waals surface area contributed by atoms with Gasteiger partial charge in [-0.1, -0.05) is 366 Å². The fraction of sp³-hybridized carbons (Fsp3) is 0.725. The molecule has 628 valence electrons. The number of esters is 3. The first-order valence-corrected chi connectivity index (χ1v) is 46.5. The number of carbonyl (C=O) groups is 3. The third kappa shape index (κ3) is 84.4. The second-order valence-corrected chi connectivity index (χ2v) is 31.8. The number of aliphatic hydroxyl groups is 2. The summed E-state index contributed by atoms with van der Waals surface area (Å²) in [6, 6.07) is 0. The summed E-state index contributed by atoms with van der Waals surface area (Å²) in [6.45, 7) is 2.49. The summed E-state index contributed by atoms with van der Waals surface area (Å²) in [5.74, 6) is -1.57. The lowest BCUT2D eigenvalue weighted by Crippen LogP contribution is -2.30. The van der Waals surface area contributed by atoms with Crippen molar-refractivity contribution in [3.8, 4) is 0 Å². The molecule has 0 saturated carbocycles. The molecular weight excluding hydrogens is 1410 g/mol. The molecule has 0 aromatic heterocycles. The molecule has 0 rings (SSSR count). The van der Waals surface area contributed by atoms with Crippen LogP contribution in [-0.2, 0) is 55.8 Å². The quantitative estimate of drug-likeness (QED) is 0.0146. The average molecular weight is 1570 g/mol. The second kappa shape index (κ2) is 83.1. The van der Waals surface area contributed by atoms with Crippen molar-refractivity contribution in [2.75, 3.05) is 39.6 Å². The van der Waals surface area contributed by atoms with Crippen LogP contribution in [-0.4, -0.2) is 95.9 Å². The van der Waals surface area contributed by atoms with Gasteiger partial charge in [-0.3, -0.25) is 32.5 Å². The number of ether oxygens (including phenoxy) is 3. The van der Waals surface area contributed by atoms with E-state index < -0.39 is 91.5 Å². The average Bonchev–Trinajstić information content (AvgIpc) is 0.906. The SMILES string of the molecule is CC/C=C\C/C=C\C/C=C\C/C=C\C/C=C\C/C=C\CCCCCCCCCCC(=O)OCC(COP(=O)(O)OCC(O)COP(=O)(O)OCC(O)COC(=O)CCCCCCCCCCCCCCCCCCC/C=C\C/C=C\C/C=C\C/C=C\C/C=C\CC)OC(=O)CCCCCCCCCCCCCCC. The van der Waals surface area contributed by atoms with Crippen LogP contribution in [0.4, 0.5) is 0 Å². The van der Waals surface area contributed by atoms with Crippen molar-refractivity contribution in [1.29, 1.82) is 0 Å². The van der Waals surface area contributed by atoms with E-state index in [2.05, 4.69) is 154 Å². The Morgan fingerprint density at radius 3 is 0.771 bits per heavy atom. The van der Waals surface area contributed by atoms with Crippen LogP contribution in [0, 0.1) is 0 Å². The number of phosphoric ester groups is 2. The van der Waals surface area contributed by atoms with E-state index in [-0.39, 0.29) is 19.3 Å². The van der Waals surface area contributed by atoms with E-state index in [1.54, 1.807) is 0 Å². The van der Waals surface area contributed by atoms with Gasteiger partial charge in [-0.25, -0.2) is 9.13 Å². The largest absolute Gasteiger partial charge is 0.472 e. The Labute approximate surface area is 665 Å². The highest BCUT2D eigenvalue weighted by atomic mass is 31.2. The van der Waals surface area contributed by atoms with Gasteiger partial charge < -0.3 is 34.2 Å². The third-order valence-electron chi connectivity index (χ3n) is 18.4. The zero-order valence-corrected chi connectivity index (χ0v) is 70.7. The van der Waals surface area contributed by atoms with E-state index >= 15 is 0 Å². The summed E-state index contributed by atoms with van der Waals surface area (Å²) in [4.78, 5) is 58.8. The lowest BCUT2D eigenvalue weighted by atomic mass is 10.0. The number of aliphatic hydroxyl groups excluding tert-OH is 2. The van der Waals surface area contributed by atoms with Crippen LogP contribution in [0.5, 0.6) is 0 Å². The number of carbonyl (C=O) groups excluding carboxylic acids is 3. The minimum absolute atomic E-state index is 0.104. The Kier molecular flexibility index (Phi) is 79.8. The normalized spacial score (nSPS) is 14.5. The van der Waals surface area contributed by atoms with Gasteiger partial charge in [0.05, 0.1) is 26.4 Å². The lowest BCUT2D eigenvalue weighted by molar-refractivity contribution is -0.161. The van der Waals surface area contributed by atoms with Gasteiger partial charge in [0.2, 0.25) is 0 Å². The van der Waals surface area contributed by atoms with Crippen LogP contribution in [0.25, 0.3) is 0 Å². The van der Waals surface area contributed by atoms with Gasteiger partial charge in [-0.2, -0.15) is 0 Å². The van der Waals surface area contributed by atoms with E-state index in [4.69, 9.17) is 32.3 Å². The summed E-state index contributed by atoms with van der Waals surface area (Å²) in [7, 11) is -9.79. The van der Waals surface area contributed by atoms with Crippen LogP contribution in [0.2, 0.25) is 0 Å². The lowest BCUT2D eigenvalue weighted by Gasteiger charge is -2.21. The monoisotopic (exact) mass is 1570 g/mol. The van der Waals surface area contributed by atoms with E-state index in [1.807, 2.05) is 0 Å². The number of hydrogen-bond acceptors (Lipinski definition) is 14. The molecule has 109 heavy (non-hydrogen) atoms. The van der Waals surface area contributed by atoms with Gasteiger partial charge >= 0.3 is 33.6 Å². The van der Waals surface area contributed by atoms with Crippen LogP contribution in [0.3, 0.4) is 0 Å². The fourth-order valence-electron chi connectivity index (χ4n) is 11.8. The van der Waals surface area contributed by atoms with Gasteiger partial charge in [0.1, 0.15) is 25.4 Å². The number of hydrogen-bond donors (Lipinski definition) is 4. The molecule has 0 heterocycles. The predicted molar refractivity (Wildman–Crippen MR) is 454 cm³/mol. The van der Waals surface area contributed by atoms with Crippen molar-refractivity contribution >= 4 is 33.6 Å². The molecular formula is C91H158O16P2. The highest BCUT2D eigenvalue weighted by Crippen LogP contribution is 2.45. The molecule has 0 aromatic rings. The predicted octanol–water partition coefficient (Wildman–Crippen LogP) is 26.2. The summed E-state index contributed by atoms with van der Waals surface area (Å²) in [5.41, 5.74) is 0. The molecule has 0 bridgehead atoms. The molecule has 0 aromatic carbocycles. The maximum absolute atomic E-state index is 13.0. The van der Waals surface area contributed by atoms with Gasteiger partial charge in [0, 0.05) is 19.3 Å². The number of phosphoric acid groups is 2. The van der Waals surface area contributed by atoms with E-state index in [0.29, 0.717) is 19.3 Å². The van der Waals surface area contributed by atoms with Crippen LogP contribution in [0.1, 0.15) is 367 Å². The van der Waals surface area contributed by atoms with E-state index in [9.17, 15) is 43.5 Å². The standard InChI is InChI=1S/C91H158O16P2/c1-4-7-10-13-16-19-22-25-27-29-31-33-35-37-39-40-41-42-43-44-46-48-49-51-53-55-57-60-62-65-68-71-74-77-89(94)101-80-86(92)81-103-108(97,98)104-82-87(93)83-105-109(99,100)106-85-88(107-91(96)79-76-73-70-67-64-59-24-21-18-15-12-9-6-3)84-102-90(95)78-75-72-69-66-63-61-58-56-54-52-50-47-45-38-36-34-32-30-28-26-23-20-17-14-11-8-5-2/h7-8,10-11,16-17,19-20,25-28,31-34,37-39,45,50,52,86-88,92-93H,4-6,9,12-15,18,21-24,29-30,35-36,40-44,46-49,51,53-85H2,1-3H3,(H,97,98)(H,99,100)/b10-7-,11-8-,19-16-,20-17-,27-25-,28-26-,33-31-,34-32-,39-37-,45-38-,52-50-. The van der Waals surface area contributed by atoms with Crippen LogP contribution < -0.4 is 0 Å². The molecule has 0 radical (unpaired) electrons. The summed E-state index contributed by atoms with van der Waals surface area (Å²) in [5, 5.41) is 20.7. The first kappa shape index (κ1) is 105. The number of unbranched alkanes of at least 4 members (excludes halogenated alkanes) is 37. The number of rotatable bonds is 82. The molecule has 0 aliphatic carbocycles. The van der Waals surface area contributed by atoms with Gasteiger partial charge in [-0.05, 0) is 116 Å². The Balaban J connectivity index is 4.42. The zero-order chi connectivity index (χ0) is 79.4. The molecule has 4 N–H and O–H groups in total. The Bertz CT molecular complexity index is 2510. The van der Waals surface area contributed by atoms with Crippen molar-refractivity contribution in [3.05, 3.63) is 134 Å². The highest BCUT2D eigenvalue weighted by molar-refractivity contribution is 7.47. The minimum Gasteiger partial charge on any atom is -0.463 e. The summed E-state index contributed by atoms with van der Waals surface area (Å²) >= 11 is 0. The van der Waals surface area contributed by atoms with Crippen molar-refractivity contribution < 1.29 is 75.8 Å². The molecule has 0 spiro atoms. The molecule has 5 atom stereocenters. The Morgan fingerprint density at radius 1 is 0.266 bits per heavy atom. The van der Waals surface area contributed by atoms with Crippen molar-refractivity contribution in [2.45, 2.75) is 386 Å². The second-order valence-electron chi connectivity index (χ2n) is 28.9. The van der Waals surface area contributed by atoms with Crippen LogP contribution in [0.15, 0.2) is 134 Å². The molecule has 0 aliphatic rings. The molecule has 0 fully saturated rings. The molecule has 0 amide bonds. The van der Waals surface area contributed by atoms with E-state index in [1.165, 1.54) is 161 Å². The first-order chi connectivity index (χ1) is 53.2. The van der Waals surface area contributed by atoms with Gasteiger partial charge in [0.15, 0.2) is 6.10 Å². The first-order valence-electron chi connectivity index (χ1n) is 43.5. The Morgan fingerprint density at radius 2 is 0.486 bits per heavy atom. The maximum Gasteiger partial charge on any atom is 0.472 e. The number of allylic oxidation sites excluding steroid dienone is 22. The van der Waals surface area contributed by atoms with E-state index in [0.717, 1.165) is 148 Å². The molecule has 0 aliphatic heterocycles. The van der Waals surface area contributed by atoms with Gasteiger partial charge in [0.25, 0.3) is 0 Å². The smallest absolute Gasteiger partial charge is 0.463 e. The van der Waals surface area contributed by atoms with Crippen LogP contribution >= 0.6 is 15.6 Å². The third-order valence-corrected chi connectivity index (χ3v) is 20.3. The maximum atomic E-state index is 13.0. The molecule has 0 saturated heterocycles. The minimum atomic E-state index is -4.93. The highest BCUT2D eigenvalue weighted by Gasteiger charge is 2.29. The topological polar surface area (TPSA) is 231 Å². The van der Waals surface area contributed by atoms with Crippen molar-refractivity contribution in [2.24, 2.45) is 0 Å². The van der Waals surface area contributed by atoms with Crippen molar-refractivity contribution in [3.63, 3.8) is 0 Å². The summed E-state index contributed by atoms with van der Waals surface area (Å²) < 4.78 is 61.3. The Hall–Kier alpha value is -4.31. The fourth-order valence-corrected chi connectivity index (χ4v) is 13.4. The molecule has 5 unspecified atom stereocenters. The molecule has 18 heteroatoms. The van der Waals surface area contributed by atoms with Gasteiger partial charge in [-0.15, -0.1) is 0 Å². The summed E-state index contributed by atoms with van der Waals surface area (Å²) in [6.07, 6.45) is 102. The molecule has 16 nitrogen and oxygen atoms in total. The zero-order valence-electron chi connectivity index (χ0n) is 68.9.